The molecule has 3 rings (SSSR count). The van der Waals surface area contributed by atoms with E-state index in [4.69, 9.17) is 11.3 Å². The Morgan fingerprint density at radius 1 is 1.33 bits per heavy atom. The summed E-state index contributed by atoms with van der Waals surface area (Å²) in [4.78, 5) is 9.60. The van der Waals surface area contributed by atoms with Crippen molar-refractivity contribution < 1.29 is 4.84 Å². The first-order valence-corrected chi connectivity index (χ1v) is 5.61. The molecule has 1 aliphatic carbocycles. The zero-order valence-electron chi connectivity index (χ0n) is 9.63. The van der Waals surface area contributed by atoms with Gasteiger partial charge in [-0.15, -0.1) is 6.42 Å². The molecular weight excluding hydrogens is 224 g/mol. The molecule has 0 radical (unpaired) electrons. The van der Waals surface area contributed by atoms with Gasteiger partial charge < -0.3 is 4.84 Å². The molecule has 0 unspecified atom stereocenters. The van der Waals surface area contributed by atoms with Gasteiger partial charge in [0.1, 0.15) is 5.71 Å². The summed E-state index contributed by atoms with van der Waals surface area (Å²) in [5.74, 6) is 2.39. The molecule has 1 heterocycles. The molecule has 0 aromatic heterocycles. The lowest BCUT2D eigenvalue weighted by atomic mass is 10.0. The van der Waals surface area contributed by atoms with Crippen LogP contribution in [-0.2, 0) is 4.84 Å². The Kier molecular flexibility index (Phi) is 2.54. The highest BCUT2D eigenvalue weighted by atomic mass is 16.6. The second kappa shape index (κ2) is 4.34. The number of hydrogen-bond acceptors (Lipinski definition) is 3. The maximum atomic E-state index is 5.13. The first kappa shape index (κ1) is 10.5. The third-order valence-corrected chi connectivity index (χ3v) is 2.75. The lowest BCUT2D eigenvalue weighted by molar-refractivity contribution is 0.180. The van der Waals surface area contributed by atoms with Crippen LogP contribution in [-0.4, -0.2) is 12.3 Å². The van der Waals surface area contributed by atoms with Crippen molar-refractivity contribution in [3.8, 4) is 12.3 Å². The van der Waals surface area contributed by atoms with E-state index >= 15 is 0 Å². The van der Waals surface area contributed by atoms with Crippen LogP contribution >= 0.6 is 0 Å². The molecule has 0 spiro atoms. The van der Waals surface area contributed by atoms with Crippen LogP contribution < -0.4 is 10.6 Å². The summed E-state index contributed by atoms with van der Waals surface area (Å²) >= 11 is 0. The zero-order valence-corrected chi connectivity index (χ0v) is 9.63. The molecule has 1 aromatic rings. The SMILES string of the molecule is C#CCON=C1C=CC=C2N=c3ccccc3=C21. The third-order valence-electron chi connectivity index (χ3n) is 2.75. The van der Waals surface area contributed by atoms with Gasteiger partial charge in [0.05, 0.1) is 11.1 Å². The first-order chi connectivity index (χ1) is 8.90. The molecule has 2 aliphatic rings. The smallest absolute Gasteiger partial charge is 0.177 e. The van der Waals surface area contributed by atoms with Crippen LogP contribution in [0.15, 0.2) is 58.3 Å². The minimum Gasteiger partial charge on any atom is -0.382 e. The number of rotatable bonds is 2. The molecule has 1 aliphatic heterocycles. The number of fused-ring (bicyclic) bond motifs is 2. The summed E-state index contributed by atoms with van der Waals surface area (Å²) in [6.45, 7) is 0.169. The predicted molar refractivity (Wildman–Crippen MR) is 70.1 cm³/mol. The highest BCUT2D eigenvalue weighted by Crippen LogP contribution is 2.20. The van der Waals surface area contributed by atoms with E-state index in [1.54, 1.807) is 0 Å². The minimum atomic E-state index is 0.169. The van der Waals surface area contributed by atoms with E-state index < -0.39 is 0 Å². The maximum Gasteiger partial charge on any atom is 0.177 e. The number of terminal acetylenes is 1. The van der Waals surface area contributed by atoms with Gasteiger partial charge in [0.2, 0.25) is 0 Å². The molecule has 0 atom stereocenters. The number of oxime groups is 1. The molecule has 0 fully saturated rings. The Labute approximate surface area is 104 Å². The van der Waals surface area contributed by atoms with Gasteiger partial charge >= 0.3 is 0 Å². The van der Waals surface area contributed by atoms with Gasteiger partial charge in [-0.2, -0.15) is 0 Å². The van der Waals surface area contributed by atoms with E-state index in [0.29, 0.717) is 0 Å². The number of para-hydroxylation sites is 1. The van der Waals surface area contributed by atoms with Crippen LogP contribution in [0.3, 0.4) is 0 Å². The number of nitrogens with zero attached hydrogens (tertiary/aromatic N) is 2. The largest absolute Gasteiger partial charge is 0.382 e. The quantitative estimate of drug-likeness (QED) is 0.426. The Balaban J connectivity index is 2.15. The lowest BCUT2D eigenvalue weighted by Gasteiger charge is -2.07. The van der Waals surface area contributed by atoms with Crippen LogP contribution in [0, 0.1) is 12.3 Å². The monoisotopic (exact) mass is 234 g/mol. The van der Waals surface area contributed by atoms with Crippen molar-refractivity contribution in [3.05, 3.63) is 58.8 Å². The molecular formula is C15H10N2O. The molecule has 0 N–H and O–H groups in total. The van der Waals surface area contributed by atoms with Crippen molar-refractivity contribution in [2.24, 2.45) is 10.1 Å². The summed E-state index contributed by atoms with van der Waals surface area (Å²) in [5.41, 5.74) is 2.68. The standard InChI is InChI=1S/C15H10N2O/c1-2-10-18-17-14-9-5-8-13-15(14)11-6-3-4-7-12(11)16-13/h1,3-9H,10H2. The first-order valence-electron chi connectivity index (χ1n) is 5.61. The Bertz CT molecular complexity index is 745. The number of hydrogen-bond donors (Lipinski definition) is 0. The Morgan fingerprint density at radius 2 is 2.22 bits per heavy atom. The highest BCUT2D eigenvalue weighted by Gasteiger charge is 2.19. The average Bonchev–Trinajstić information content (AvgIpc) is 2.78. The summed E-state index contributed by atoms with van der Waals surface area (Å²) < 4.78 is 0. The van der Waals surface area contributed by atoms with E-state index in [1.807, 2.05) is 42.5 Å². The summed E-state index contributed by atoms with van der Waals surface area (Å²) in [7, 11) is 0. The highest BCUT2D eigenvalue weighted by molar-refractivity contribution is 6.30. The van der Waals surface area contributed by atoms with E-state index in [1.165, 1.54) is 0 Å². The van der Waals surface area contributed by atoms with E-state index in [2.05, 4.69) is 16.1 Å². The van der Waals surface area contributed by atoms with Crippen molar-refractivity contribution in [2.75, 3.05) is 6.61 Å². The average molecular weight is 234 g/mol. The topological polar surface area (TPSA) is 34.0 Å². The van der Waals surface area contributed by atoms with Crippen LogP contribution in [0.25, 0.3) is 5.57 Å². The molecule has 0 saturated heterocycles. The molecule has 3 heteroatoms. The zero-order chi connectivity index (χ0) is 12.4. The maximum absolute atomic E-state index is 5.13. The second-order valence-corrected chi connectivity index (χ2v) is 3.87. The molecule has 86 valence electrons. The van der Waals surface area contributed by atoms with Gasteiger partial charge in [-0.25, -0.2) is 4.99 Å². The van der Waals surface area contributed by atoms with Crippen LogP contribution in [0.2, 0.25) is 0 Å². The molecule has 18 heavy (non-hydrogen) atoms. The molecule has 0 saturated carbocycles. The van der Waals surface area contributed by atoms with Crippen molar-refractivity contribution >= 4 is 11.3 Å². The van der Waals surface area contributed by atoms with E-state index in [9.17, 15) is 0 Å². The van der Waals surface area contributed by atoms with Gasteiger partial charge in [-0.3, -0.25) is 0 Å². The fourth-order valence-corrected chi connectivity index (χ4v) is 2.02. The lowest BCUT2D eigenvalue weighted by Crippen LogP contribution is -2.24. The number of allylic oxidation sites excluding steroid dienone is 4. The van der Waals surface area contributed by atoms with Crippen LogP contribution in [0.5, 0.6) is 0 Å². The van der Waals surface area contributed by atoms with Gasteiger partial charge in [0, 0.05) is 10.8 Å². The van der Waals surface area contributed by atoms with Gasteiger partial charge in [-0.05, 0) is 18.2 Å². The summed E-state index contributed by atoms with van der Waals surface area (Å²) in [6, 6.07) is 7.98. The van der Waals surface area contributed by atoms with E-state index in [-0.39, 0.29) is 6.61 Å². The van der Waals surface area contributed by atoms with Crippen molar-refractivity contribution in [2.45, 2.75) is 0 Å². The van der Waals surface area contributed by atoms with Crippen molar-refractivity contribution in [1.82, 2.24) is 0 Å². The Hall–Kier alpha value is -2.60. The number of benzene rings is 1. The van der Waals surface area contributed by atoms with Gasteiger partial charge in [-0.1, -0.05) is 35.4 Å². The fraction of sp³-hybridized carbons (Fsp3) is 0.0667. The molecule has 1 aromatic carbocycles. The van der Waals surface area contributed by atoms with Crippen LogP contribution in [0.1, 0.15) is 0 Å². The molecule has 0 bridgehead atoms. The van der Waals surface area contributed by atoms with Crippen molar-refractivity contribution in [1.29, 1.82) is 0 Å². The van der Waals surface area contributed by atoms with Crippen molar-refractivity contribution in [3.63, 3.8) is 0 Å². The molecule has 3 nitrogen and oxygen atoms in total. The summed E-state index contributed by atoms with van der Waals surface area (Å²) in [5, 5.41) is 6.11. The predicted octanol–water partition coefficient (Wildman–Crippen LogP) is 0.930. The second-order valence-electron chi connectivity index (χ2n) is 3.87. The molecule has 0 amide bonds. The van der Waals surface area contributed by atoms with Gasteiger partial charge in [0.15, 0.2) is 6.61 Å². The van der Waals surface area contributed by atoms with Crippen LogP contribution in [0.4, 0.5) is 0 Å². The minimum absolute atomic E-state index is 0.169. The third kappa shape index (κ3) is 1.64. The fourth-order valence-electron chi connectivity index (χ4n) is 2.02. The van der Waals surface area contributed by atoms with Gasteiger partial charge in [0.25, 0.3) is 0 Å². The summed E-state index contributed by atoms with van der Waals surface area (Å²) in [6.07, 6.45) is 10.9. The Morgan fingerprint density at radius 3 is 3.11 bits per heavy atom. The normalized spacial score (nSPS) is 17.6. The van der Waals surface area contributed by atoms with E-state index in [0.717, 1.165) is 27.6 Å².